The van der Waals surface area contributed by atoms with E-state index in [1.807, 2.05) is 13.8 Å². The van der Waals surface area contributed by atoms with Crippen LogP contribution < -0.4 is 9.46 Å². The molecule has 1 N–H and O–H groups in total. The molecule has 2 rings (SSSR count). The van der Waals surface area contributed by atoms with Gasteiger partial charge < -0.3 is 9.47 Å². The summed E-state index contributed by atoms with van der Waals surface area (Å²) in [6.45, 7) is 4.60. The molecule has 1 saturated heterocycles. The molecule has 5 nitrogen and oxygen atoms in total. The molecule has 1 atom stereocenters. The molecule has 0 bridgehead atoms. The van der Waals surface area contributed by atoms with Crippen LogP contribution in [-0.2, 0) is 14.8 Å². The molecule has 6 heteroatoms. The monoisotopic (exact) mass is 271 g/mol. The smallest absolute Gasteiger partial charge is 0.240 e. The van der Waals surface area contributed by atoms with Crippen LogP contribution in [0.1, 0.15) is 13.8 Å². The molecule has 1 heterocycles. The number of epoxide rings is 1. The minimum atomic E-state index is -3.39. The van der Waals surface area contributed by atoms with Gasteiger partial charge in [-0.05, 0) is 45.2 Å². The highest BCUT2D eigenvalue weighted by Crippen LogP contribution is 2.29. The Hall–Kier alpha value is -1.11. The highest BCUT2D eigenvalue weighted by atomic mass is 32.2. The zero-order valence-electron chi connectivity index (χ0n) is 10.6. The Labute approximate surface area is 107 Å². The largest absolute Gasteiger partial charge is 0.485 e. The van der Waals surface area contributed by atoms with Crippen molar-refractivity contribution < 1.29 is 17.9 Å². The minimum Gasteiger partial charge on any atom is -0.485 e. The summed E-state index contributed by atoms with van der Waals surface area (Å²) in [4.78, 5) is 0.220. The molecule has 0 aromatic heterocycles. The first-order valence-electron chi connectivity index (χ1n) is 5.69. The summed E-state index contributed by atoms with van der Waals surface area (Å²) in [5.41, 5.74) is -0.399. The summed E-state index contributed by atoms with van der Waals surface area (Å²) in [6.07, 6.45) is 0.109. The third kappa shape index (κ3) is 2.82. The van der Waals surface area contributed by atoms with Crippen LogP contribution in [0.5, 0.6) is 5.75 Å². The molecule has 1 aliphatic heterocycles. The fraction of sp³-hybridized carbons (Fsp3) is 0.500. The summed E-state index contributed by atoms with van der Waals surface area (Å²) >= 11 is 0. The zero-order chi connectivity index (χ0) is 13.4. The summed E-state index contributed by atoms with van der Waals surface area (Å²) < 4.78 is 36.3. The molecule has 0 saturated carbocycles. The number of rotatable bonds is 5. The first kappa shape index (κ1) is 13.3. The molecule has 1 fully saturated rings. The second kappa shape index (κ2) is 4.53. The van der Waals surface area contributed by atoms with Crippen LogP contribution in [0.4, 0.5) is 0 Å². The van der Waals surface area contributed by atoms with Crippen LogP contribution in [0.2, 0.25) is 0 Å². The first-order chi connectivity index (χ1) is 8.35. The average molecular weight is 271 g/mol. The van der Waals surface area contributed by atoms with Gasteiger partial charge in [-0.15, -0.1) is 0 Å². The molecule has 100 valence electrons. The fourth-order valence-electron chi connectivity index (χ4n) is 1.62. The zero-order valence-corrected chi connectivity index (χ0v) is 11.5. The lowest BCUT2D eigenvalue weighted by atomic mass is 10.1. The van der Waals surface area contributed by atoms with Crippen LogP contribution >= 0.6 is 0 Å². The van der Waals surface area contributed by atoms with E-state index in [2.05, 4.69) is 4.72 Å². The van der Waals surface area contributed by atoms with Gasteiger partial charge in [-0.3, -0.25) is 0 Å². The van der Waals surface area contributed by atoms with Crippen molar-refractivity contribution in [1.82, 2.24) is 4.72 Å². The van der Waals surface area contributed by atoms with Gasteiger partial charge in [-0.1, -0.05) is 0 Å². The third-order valence-electron chi connectivity index (χ3n) is 2.89. The van der Waals surface area contributed by atoms with Gasteiger partial charge in [0.25, 0.3) is 0 Å². The van der Waals surface area contributed by atoms with Crippen molar-refractivity contribution in [3.8, 4) is 5.75 Å². The van der Waals surface area contributed by atoms with Crippen molar-refractivity contribution in [2.45, 2.75) is 30.4 Å². The highest BCUT2D eigenvalue weighted by Gasteiger charge is 2.41. The van der Waals surface area contributed by atoms with Crippen LogP contribution in [0.3, 0.4) is 0 Å². The van der Waals surface area contributed by atoms with Gasteiger partial charge in [0.15, 0.2) is 0 Å². The Morgan fingerprint density at radius 1 is 1.33 bits per heavy atom. The molecule has 0 amide bonds. The average Bonchev–Trinajstić information content (AvgIpc) is 3.13. The molecule has 0 aliphatic carbocycles. The molecule has 1 aromatic rings. The van der Waals surface area contributed by atoms with Crippen molar-refractivity contribution >= 4 is 10.0 Å². The Kier molecular flexibility index (Phi) is 3.35. The van der Waals surface area contributed by atoms with E-state index in [-0.39, 0.29) is 11.0 Å². The standard InChI is InChI=1S/C12H17NO4S/c1-12(2,11-8-16-11)17-9-4-6-10(7-5-9)18(14,15)13-3/h4-7,11,13H,8H2,1-3H3. The lowest BCUT2D eigenvalue weighted by Gasteiger charge is -2.24. The Morgan fingerprint density at radius 2 is 1.89 bits per heavy atom. The van der Waals surface area contributed by atoms with Gasteiger partial charge in [0.05, 0.1) is 11.5 Å². The van der Waals surface area contributed by atoms with Crippen LogP contribution in [0.25, 0.3) is 0 Å². The molecular formula is C12H17NO4S. The minimum absolute atomic E-state index is 0.109. The van der Waals surface area contributed by atoms with Gasteiger partial charge in [0.1, 0.15) is 17.5 Å². The molecule has 18 heavy (non-hydrogen) atoms. The van der Waals surface area contributed by atoms with Gasteiger partial charge >= 0.3 is 0 Å². The van der Waals surface area contributed by atoms with Gasteiger partial charge in [-0.25, -0.2) is 13.1 Å². The van der Waals surface area contributed by atoms with E-state index in [0.717, 1.165) is 0 Å². The molecular weight excluding hydrogens is 254 g/mol. The number of ether oxygens (including phenoxy) is 2. The third-order valence-corrected chi connectivity index (χ3v) is 4.32. The lowest BCUT2D eigenvalue weighted by Crippen LogP contribution is -2.34. The number of sulfonamides is 1. The van der Waals surface area contributed by atoms with Crippen molar-refractivity contribution in [3.63, 3.8) is 0 Å². The fourth-order valence-corrected chi connectivity index (χ4v) is 2.35. The Balaban J connectivity index is 2.13. The van der Waals surface area contributed by atoms with E-state index in [9.17, 15) is 8.42 Å². The molecule has 0 spiro atoms. The highest BCUT2D eigenvalue weighted by molar-refractivity contribution is 7.89. The molecule has 1 aromatic carbocycles. The lowest BCUT2D eigenvalue weighted by molar-refractivity contribution is 0.0743. The predicted octanol–water partition coefficient (Wildman–Crippen LogP) is 1.15. The van der Waals surface area contributed by atoms with Crippen LogP contribution in [0.15, 0.2) is 29.2 Å². The molecule has 1 unspecified atom stereocenters. The van der Waals surface area contributed by atoms with Crippen molar-refractivity contribution in [1.29, 1.82) is 0 Å². The number of hydrogen-bond acceptors (Lipinski definition) is 4. The van der Waals surface area contributed by atoms with Crippen LogP contribution in [0, 0.1) is 0 Å². The SMILES string of the molecule is CNS(=O)(=O)c1ccc(OC(C)(C)C2CO2)cc1. The number of benzene rings is 1. The van der Waals surface area contributed by atoms with Crippen LogP contribution in [-0.4, -0.2) is 33.8 Å². The first-order valence-corrected chi connectivity index (χ1v) is 7.18. The Morgan fingerprint density at radius 3 is 2.33 bits per heavy atom. The maximum Gasteiger partial charge on any atom is 0.240 e. The quantitative estimate of drug-likeness (QED) is 0.816. The molecule has 1 aliphatic rings. The Bertz CT molecular complexity index is 518. The maximum atomic E-state index is 11.5. The second-order valence-corrected chi connectivity index (χ2v) is 6.59. The van der Waals surface area contributed by atoms with E-state index < -0.39 is 15.6 Å². The second-order valence-electron chi connectivity index (χ2n) is 4.71. The van der Waals surface area contributed by atoms with Gasteiger partial charge in [0.2, 0.25) is 10.0 Å². The number of nitrogens with one attached hydrogen (secondary N) is 1. The molecule has 0 radical (unpaired) electrons. The summed E-state index contributed by atoms with van der Waals surface area (Å²) in [5.74, 6) is 0.630. The maximum absolute atomic E-state index is 11.5. The normalized spacial score (nSPS) is 19.6. The van der Waals surface area contributed by atoms with Crippen molar-refractivity contribution in [2.24, 2.45) is 0 Å². The van der Waals surface area contributed by atoms with Crippen molar-refractivity contribution in [2.75, 3.05) is 13.7 Å². The summed E-state index contributed by atoms with van der Waals surface area (Å²) in [7, 11) is -2.01. The van der Waals surface area contributed by atoms with Crippen molar-refractivity contribution in [3.05, 3.63) is 24.3 Å². The predicted molar refractivity (Wildman–Crippen MR) is 67.1 cm³/mol. The topological polar surface area (TPSA) is 67.9 Å². The van der Waals surface area contributed by atoms with Gasteiger partial charge in [0, 0.05) is 0 Å². The van der Waals surface area contributed by atoms with E-state index in [4.69, 9.17) is 9.47 Å². The number of hydrogen-bond donors (Lipinski definition) is 1. The summed E-state index contributed by atoms with van der Waals surface area (Å²) in [6, 6.07) is 6.33. The van der Waals surface area contributed by atoms with Gasteiger partial charge in [-0.2, -0.15) is 0 Å². The van der Waals surface area contributed by atoms with E-state index in [0.29, 0.717) is 12.4 Å². The van der Waals surface area contributed by atoms with E-state index >= 15 is 0 Å². The van der Waals surface area contributed by atoms with E-state index in [1.54, 1.807) is 12.1 Å². The summed E-state index contributed by atoms with van der Waals surface area (Å²) in [5, 5.41) is 0. The van der Waals surface area contributed by atoms with E-state index in [1.165, 1.54) is 19.2 Å².